The zero-order valence-electron chi connectivity index (χ0n) is 16.4. The molecule has 29 heavy (non-hydrogen) atoms. The fraction of sp³-hybridized carbons (Fsp3) is 0.333. The Balaban J connectivity index is 1.91. The summed E-state index contributed by atoms with van der Waals surface area (Å²) in [5.41, 5.74) is 12.3. The van der Waals surface area contributed by atoms with Crippen molar-refractivity contribution in [1.29, 1.82) is 0 Å². The molecule has 152 valence electrons. The van der Waals surface area contributed by atoms with Gasteiger partial charge in [-0.25, -0.2) is 0 Å². The number of rotatable bonds is 8. The van der Waals surface area contributed by atoms with E-state index >= 15 is 0 Å². The van der Waals surface area contributed by atoms with E-state index in [4.69, 9.17) is 11.5 Å². The molecular formula is C18H23N9O2. The number of hydrogen-bond acceptors (Lipinski definition) is 8. The standard InChI is InChI=1S/C18H23N9O2/c1-9(2)6-12(15(19)28)23-18-24-17(14(16(20)29)25-26-18)22-11-4-5-13-10(7-11)8-21-27(13)3/h4-5,7-9,12H,6H2,1-3H3,(H2,19,28)(H2,20,29)(H2,22,23,24,26)/t12-/m1/s1. The summed E-state index contributed by atoms with van der Waals surface area (Å²) in [7, 11) is 1.85. The van der Waals surface area contributed by atoms with Gasteiger partial charge < -0.3 is 22.1 Å². The van der Waals surface area contributed by atoms with Gasteiger partial charge in [0.25, 0.3) is 5.91 Å². The molecule has 0 radical (unpaired) electrons. The first-order chi connectivity index (χ1) is 13.7. The van der Waals surface area contributed by atoms with Crippen molar-refractivity contribution < 1.29 is 9.59 Å². The summed E-state index contributed by atoms with van der Waals surface area (Å²) in [6.45, 7) is 3.93. The zero-order valence-corrected chi connectivity index (χ0v) is 16.4. The highest BCUT2D eigenvalue weighted by Gasteiger charge is 2.20. The molecular weight excluding hydrogens is 374 g/mol. The summed E-state index contributed by atoms with van der Waals surface area (Å²) in [5.74, 6) is -0.912. The summed E-state index contributed by atoms with van der Waals surface area (Å²) in [6, 6.07) is 4.88. The van der Waals surface area contributed by atoms with Crippen LogP contribution in [0.15, 0.2) is 24.4 Å². The first-order valence-corrected chi connectivity index (χ1v) is 9.03. The van der Waals surface area contributed by atoms with E-state index in [-0.39, 0.29) is 23.4 Å². The Morgan fingerprint density at radius 1 is 1.21 bits per heavy atom. The fourth-order valence-electron chi connectivity index (χ4n) is 2.89. The molecule has 0 spiro atoms. The fourth-order valence-corrected chi connectivity index (χ4v) is 2.89. The number of benzene rings is 1. The van der Waals surface area contributed by atoms with Gasteiger partial charge in [0.05, 0.1) is 11.7 Å². The molecule has 0 aliphatic rings. The number of anilines is 3. The zero-order chi connectivity index (χ0) is 21.1. The average molecular weight is 397 g/mol. The monoisotopic (exact) mass is 397 g/mol. The Bertz CT molecular complexity index is 1060. The van der Waals surface area contributed by atoms with Gasteiger partial charge in [-0.3, -0.25) is 14.3 Å². The predicted octanol–water partition coefficient (Wildman–Crippen LogP) is 0.913. The van der Waals surface area contributed by atoms with Crippen molar-refractivity contribution in [2.45, 2.75) is 26.3 Å². The smallest absolute Gasteiger partial charge is 0.273 e. The number of aromatic nitrogens is 5. The lowest BCUT2D eigenvalue weighted by atomic mass is 10.0. The molecule has 2 heterocycles. The molecule has 0 saturated heterocycles. The van der Waals surface area contributed by atoms with E-state index in [0.29, 0.717) is 12.1 Å². The van der Waals surface area contributed by atoms with Crippen LogP contribution in [0.5, 0.6) is 0 Å². The second kappa shape index (κ2) is 8.09. The number of aryl methyl sites for hydroxylation is 1. The summed E-state index contributed by atoms with van der Waals surface area (Å²) in [5, 5.41) is 18.7. The van der Waals surface area contributed by atoms with Gasteiger partial charge in [0, 0.05) is 18.1 Å². The molecule has 3 aromatic rings. The molecule has 11 nitrogen and oxygen atoms in total. The molecule has 6 N–H and O–H groups in total. The van der Waals surface area contributed by atoms with E-state index in [1.807, 2.05) is 39.1 Å². The van der Waals surface area contributed by atoms with Crippen molar-refractivity contribution in [2.75, 3.05) is 10.6 Å². The number of amides is 2. The van der Waals surface area contributed by atoms with E-state index < -0.39 is 17.9 Å². The highest BCUT2D eigenvalue weighted by atomic mass is 16.1. The van der Waals surface area contributed by atoms with Crippen molar-refractivity contribution in [1.82, 2.24) is 25.0 Å². The number of carbonyl (C=O) groups excluding carboxylic acids is 2. The van der Waals surface area contributed by atoms with Crippen molar-refractivity contribution in [2.24, 2.45) is 24.4 Å². The minimum atomic E-state index is -0.782. The van der Waals surface area contributed by atoms with Crippen LogP contribution < -0.4 is 22.1 Å². The Morgan fingerprint density at radius 2 is 1.97 bits per heavy atom. The van der Waals surface area contributed by atoms with Crippen molar-refractivity contribution >= 4 is 40.2 Å². The number of nitrogens with one attached hydrogen (secondary N) is 2. The van der Waals surface area contributed by atoms with Gasteiger partial charge in [0.2, 0.25) is 11.9 Å². The van der Waals surface area contributed by atoms with Gasteiger partial charge in [-0.15, -0.1) is 10.2 Å². The lowest BCUT2D eigenvalue weighted by Crippen LogP contribution is -2.37. The summed E-state index contributed by atoms with van der Waals surface area (Å²) >= 11 is 0. The minimum Gasteiger partial charge on any atom is -0.368 e. The number of primary amides is 2. The minimum absolute atomic E-state index is 0.0596. The van der Waals surface area contributed by atoms with Gasteiger partial charge in [-0.2, -0.15) is 10.1 Å². The molecule has 0 fully saturated rings. The van der Waals surface area contributed by atoms with Crippen LogP contribution in [0.25, 0.3) is 10.9 Å². The topological polar surface area (TPSA) is 167 Å². The van der Waals surface area contributed by atoms with Gasteiger partial charge in [-0.05, 0) is 30.5 Å². The molecule has 11 heteroatoms. The predicted molar refractivity (Wildman–Crippen MR) is 108 cm³/mol. The van der Waals surface area contributed by atoms with Crippen LogP contribution in [0.2, 0.25) is 0 Å². The maximum Gasteiger partial charge on any atom is 0.273 e. The summed E-state index contributed by atoms with van der Waals surface area (Å²) < 4.78 is 1.75. The third-order valence-electron chi connectivity index (χ3n) is 4.28. The maximum absolute atomic E-state index is 11.7. The largest absolute Gasteiger partial charge is 0.368 e. The highest BCUT2D eigenvalue weighted by molar-refractivity contribution is 5.96. The molecule has 1 aromatic carbocycles. The number of nitrogens with two attached hydrogens (primary N) is 2. The number of carbonyl (C=O) groups is 2. The van der Waals surface area contributed by atoms with Gasteiger partial charge in [-0.1, -0.05) is 13.8 Å². The molecule has 2 amide bonds. The molecule has 1 atom stereocenters. The van der Waals surface area contributed by atoms with Crippen LogP contribution in [0, 0.1) is 5.92 Å². The average Bonchev–Trinajstić information content (AvgIpc) is 3.01. The summed E-state index contributed by atoms with van der Waals surface area (Å²) in [6.07, 6.45) is 2.22. The second-order valence-electron chi connectivity index (χ2n) is 7.09. The third kappa shape index (κ3) is 4.57. The van der Waals surface area contributed by atoms with Gasteiger partial charge in [0.1, 0.15) is 6.04 Å². The molecule has 0 unspecified atom stereocenters. The third-order valence-corrected chi connectivity index (χ3v) is 4.28. The Labute approximate surface area is 166 Å². The lowest BCUT2D eigenvalue weighted by molar-refractivity contribution is -0.119. The Hall–Kier alpha value is -3.76. The highest BCUT2D eigenvalue weighted by Crippen LogP contribution is 2.23. The molecule has 2 aromatic heterocycles. The van der Waals surface area contributed by atoms with Crippen LogP contribution in [0.1, 0.15) is 30.8 Å². The van der Waals surface area contributed by atoms with Crippen molar-refractivity contribution in [3.05, 3.63) is 30.1 Å². The van der Waals surface area contributed by atoms with Gasteiger partial charge in [0.15, 0.2) is 11.5 Å². The number of fused-ring (bicyclic) bond motifs is 1. The van der Waals surface area contributed by atoms with E-state index in [2.05, 4.69) is 30.9 Å². The van der Waals surface area contributed by atoms with Crippen LogP contribution >= 0.6 is 0 Å². The molecule has 0 saturated carbocycles. The van der Waals surface area contributed by atoms with Crippen LogP contribution in [-0.2, 0) is 11.8 Å². The first kappa shape index (κ1) is 20.0. The van der Waals surface area contributed by atoms with E-state index in [9.17, 15) is 9.59 Å². The van der Waals surface area contributed by atoms with Crippen LogP contribution in [-0.4, -0.2) is 42.8 Å². The number of nitrogens with zero attached hydrogens (tertiary/aromatic N) is 5. The van der Waals surface area contributed by atoms with Crippen molar-refractivity contribution in [3.63, 3.8) is 0 Å². The van der Waals surface area contributed by atoms with Crippen molar-refractivity contribution in [3.8, 4) is 0 Å². The summed E-state index contributed by atoms with van der Waals surface area (Å²) in [4.78, 5) is 27.7. The maximum atomic E-state index is 11.7. The Kier molecular flexibility index (Phi) is 5.57. The van der Waals surface area contributed by atoms with Crippen LogP contribution in [0.3, 0.4) is 0 Å². The molecule has 0 aliphatic carbocycles. The normalized spacial score (nSPS) is 12.1. The number of hydrogen-bond donors (Lipinski definition) is 4. The Morgan fingerprint density at radius 3 is 2.62 bits per heavy atom. The lowest BCUT2D eigenvalue weighted by Gasteiger charge is -2.17. The molecule has 0 bridgehead atoms. The molecule has 0 aliphatic heterocycles. The van der Waals surface area contributed by atoms with Crippen LogP contribution in [0.4, 0.5) is 17.5 Å². The van der Waals surface area contributed by atoms with E-state index in [1.165, 1.54) is 0 Å². The first-order valence-electron chi connectivity index (χ1n) is 9.03. The van der Waals surface area contributed by atoms with E-state index in [1.54, 1.807) is 10.9 Å². The van der Waals surface area contributed by atoms with Gasteiger partial charge >= 0.3 is 0 Å². The molecule has 3 rings (SSSR count). The quantitative estimate of drug-likeness (QED) is 0.435. The SMILES string of the molecule is CC(C)C[C@@H](Nc1nnc(C(N)=O)c(Nc2ccc3c(cnn3C)c2)n1)C(N)=O. The second-order valence-corrected chi connectivity index (χ2v) is 7.09. The van der Waals surface area contributed by atoms with E-state index in [0.717, 1.165) is 10.9 Å².